The molecular weight excluding hydrogens is 246 g/mol. The number of hydrogen-bond donors (Lipinski definition) is 1. The molecule has 0 aliphatic rings. The van der Waals surface area contributed by atoms with E-state index in [1.165, 1.54) is 16.9 Å². The van der Waals surface area contributed by atoms with Crippen molar-refractivity contribution < 1.29 is 4.57 Å². The third-order valence-electron chi connectivity index (χ3n) is 2.75. The van der Waals surface area contributed by atoms with Crippen LogP contribution >= 0.6 is 11.3 Å². The molecule has 3 aromatic heterocycles. The van der Waals surface area contributed by atoms with E-state index in [-0.39, 0.29) is 5.56 Å². The third kappa shape index (κ3) is 2.04. The Morgan fingerprint density at radius 2 is 2.11 bits per heavy atom. The lowest BCUT2D eigenvalue weighted by atomic mass is 10.3. The van der Waals surface area contributed by atoms with Crippen molar-refractivity contribution in [3.8, 4) is 0 Å². The van der Waals surface area contributed by atoms with Gasteiger partial charge in [-0.3, -0.25) is 4.79 Å². The van der Waals surface area contributed by atoms with Gasteiger partial charge < -0.3 is 4.98 Å². The Bertz CT molecular complexity index is 743. The summed E-state index contributed by atoms with van der Waals surface area (Å²) in [4.78, 5) is 19.1. The number of pyridine rings is 1. The Kier molecular flexibility index (Phi) is 2.68. The molecule has 3 rings (SSSR count). The van der Waals surface area contributed by atoms with Crippen LogP contribution in [0.3, 0.4) is 0 Å². The fourth-order valence-corrected chi connectivity index (χ4v) is 2.53. The maximum atomic E-state index is 11.8. The summed E-state index contributed by atoms with van der Waals surface area (Å²) in [5, 5.41) is 1.88. The van der Waals surface area contributed by atoms with Gasteiger partial charge in [0.2, 0.25) is 6.54 Å². The predicted octanol–water partition coefficient (Wildman–Crippen LogP) is 1.63. The van der Waals surface area contributed by atoms with Gasteiger partial charge in [0.25, 0.3) is 5.56 Å². The molecule has 0 atom stereocenters. The summed E-state index contributed by atoms with van der Waals surface area (Å²) in [7, 11) is 0. The Labute approximate surface area is 108 Å². The molecule has 0 amide bonds. The molecular formula is C13H12N3OS+. The van der Waals surface area contributed by atoms with Crippen molar-refractivity contribution in [1.82, 2.24) is 9.97 Å². The number of aromatic amines is 1. The van der Waals surface area contributed by atoms with E-state index >= 15 is 0 Å². The number of aryl methyl sites for hydroxylation is 1. The molecule has 5 heteroatoms. The first kappa shape index (κ1) is 11.1. The number of nitrogens with zero attached hydrogens (tertiary/aromatic N) is 2. The van der Waals surface area contributed by atoms with Crippen LogP contribution in [0.15, 0.2) is 40.8 Å². The number of thiophene rings is 1. The minimum absolute atomic E-state index is 0.0577. The highest BCUT2D eigenvalue weighted by molar-refractivity contribution is 7.17. The summed E-state index contributed by atoms with van der Waals surface area (Å²) in [5.41, 5.74) is 1.92. The number of rotatable bonds is 2. The first-order valence-electron chi connectivity index (χ1n) is 5.64. The molecule has 1 N–H and O–H groups in total. The van der Waals surface area contributed by atoms with Crippen LogP contribution in [0.1, 0.15) is 11.4 Å². The molecule has 0 spiro atoms. The van der Waals surface area contributed by atoms with Crippen molar-refractivity contribution in [2.75, 3.05) is 0 Å². The van der Waals surface area contributed by atoms with Crippen molar-refractivity contribution in [2.24, 2.45) is 0 Å². The van der Waals surface area contributed by atoms with E-state index < -0.39 is 0 Å². The molecule has 0 aliphatic heterocycles. The van der Waals surface area contributed by atoms with Crippen molar-refractivity contribution in [2.45, 2.75) is 13.5 Å². The normalized spacial score (nSPS) is 10.9. The van der Waals surface area contributed by atoms with Crippen LogP contribution in [0.5, 0.6) is 0 Å². The quantitative estimate of drug-likeness (QED) is 0.710. The molecule has 0 unspecified atom stereocenters. The molecule has 18 heavy (non-hydrogen) atoms. The van der Waals surface area contributed by atoms with Crippen molar-refractivity contribution in [1.29, 1.82) is 0 Å². The molecule has 0 aromatic carbocycles. The van der Waals surface area contributed by atoms with Gasteiger partial charge in [-0.15, -0.1) is 11.3 Å². The van der Waals surface area contributed by atoms with Crippen LogP contribution in [0.25, 0.3) is 10.2 Å². The summed E-state index contributed by atoms with van der Waals surface area (Å²) >= 11 is 1.42. The van der Waals surface area contributed by atoms with Crippen LogP contribution in [-0.4, -0.2) is 9.97 Å². The van der Waals surface area contributed by atoms with Crippen molar-refractivity contribution in [3.63, 3.8) is 0 Å². The van der Waals surface area contributed by atoms with E-state index in [2.05, 4.69) is 9.97 Å². The smallest absolute Gasteiger partial charge is 0.269 e. The fourth-order valence-electron chi connectivity index (χ4n) is 1.81. The largest absolute Gasteiger partial charge is 0.304 e. The molecule has 0 bridgehead atoms. The van der Waals surface area contributed by atoms with E-state index in [9.17, 15) is 4.79 Å². The monoisotopic (exact) mass is 258 g/mol. The number of nitrogens with one attached hydrogen (secondary N) is 1. The molecule has 3 heterocycles. The molecule has 0 aliphatic carbocycles. The lowest BCUT2D eigenvalue weighted by Crippen LogP contribution is -2.35. The van der Waals surface area contributed by atoms with Crippen LogP contribution < -0.4 is 10.1 Å². The Morgan fingerprint density at radius 1 is 1.33 bits per heavy atom. The summed E-state index contributed by atoms with van der Waals surface area (Å²) in [6.45, 7) is 2.61. The zero-order valence-electron chi connectivity index (χ0n) is 9.88. The van der Waals surface area contributed by atoms with E-state index in [4.69, 9.17) is 0 Å². The minimum atomic E-state index is -0.0577. The van der Waals surface area contributed by atoms with Gasteiger partial charge in [-0.05, 0) is 23.9 Å². The van der Waals surface area contributed by atoms with Gasteiger partial charge in [0, 0.05) is 12.1 Å². The minimum Gasteiger partial charge on any atom is -0.304 e. The number of aromatic nitrogens is 3. The Balaban J connectivity index is 1.99. The standard InChI is InChI=1S/C13H11N3OS/c1-9-2-5-16(6-3-9)8-11-14-10-4-7-18-12(10)13(17)15-11/h2-7H,8H2,1H3/p+1. The lowest BCUT2D eigenvalue weighted by molar-refractivity contribution is -0.689. The zero-order chi connectivity index (χ0) is 12.5. The third-order valence-corrected chi connectivity index (χ3v) is 3.66. The second-order valence-corrected chi connectivity index (χ2v) is 5.11. The summed E-state index contributed by atoms with van der Waals surface area (Å²) in [6, 6.07) is 5.93. The first-order chi connectivity index (χ1) is 8.72. The average molecular weight is 258 g/mol. The van der Waals surface area contributed by atoms with Gasteiger partial charge in [-0.2, -0.15) is 4.57 Å². The maximum absolute atomic E-state index is 11.8. The average Bonchev–Trinajstić information content (AvgIpc) is 2.81. The van der Waals surface area contributed by atoms with Crippen molar-refractivity contribution in [3.05, 3.63) is 57.7 Å². The lowest BCUT2D eigenvalue weighted by Gasteiger charge is -1.98. The molecule has 4 nitrogen and oxygen atoms in total. The van der Waals surface area contributed by atoms with Gasteiger partial charge in [0.15, 0.2) is 18.2 Å². The topological polar surface area (TPSA) is 49.6 Å². The summed E-state index contributed by atoms with van der Waals surface area (Å²) in [5.74, 6) is 0.680. The van der Waals surface area contributed by atoms with E-state index in [0.29, 0.717) is 17.1 Å². The second kappa shape index (κ2) is 4.34. The van der Waals surface area contributed by atoms with Crippen LogP contribution in [-0.2, 0) is 6.54 Å². The van der Waals surface area contributed by atoms with Crippen LogP contribution in [0.2, 0.25) is 0 Å². The van der Waals surface area contributed by atoms with Gasteiger partial charge >= 0.3 is 0 Å². The van der Waals surface area contributed by atoms with Gasteiger partial charge in [-0.25, -0.2) is 4.98 Å². The highest BCUT2D eigenvalue weighted by Crippen LogP contribution is 2.13. The maximum Gasteiger partial charge on any atom is 0.269 e. The summed E-state index contributed by atoms with van der Waals surface area (Å²) in [6.07, 6.45) is 3.96. The predicted molar refractivity (Wildman–Crippen MR) is 70.7 cm³/mol. The molecule has 0 radical (unpaired) electrons. The second-order valence-electron chi connectivity index (χ2n) is 4.20. The Morgan fingerprint density at radius 3 is 2.89 bits per heavy atom. The van der Waals surface area contributed by atoms with Gasteiger partial charge in [0.05, 0.1) is 5.52 Å². The Hall–Kier alpha value is -2.01. The number of hydrogen-bond acceptors (Lipinski definition) is 3. The summed E-state index contributed by atoms with van der Waals surface area (Å²) < 4.78 is 2.68. The molecule has 0 fully saturated rings. The van der Waals surface area contributed by atoms with E-state index in [0.717, 1.165) is 5.52 Å². The zero-order valence-corrected chi connectivity index (χ0v) is 10.7. The van der Waals surface area contributed by atoms with Gasteiger partial charge in [-0.1, -0.05) is 0 Å². The molecule has 3 aromatic rings. The number of H-pyrrole nitrogens is 1. The van der Waals surface area contributed by atoms with Crippen LogP contribution in [0, 0.1) is 6.92 Å². The molecule has 90 valence electrons. The van der Waals surface area contributed by atoms with Gasteiger partial charge in [0.1, 0.15) is 4.70 Å². The first-order valence-corrected chi connectivity index (χ1v) is 6.52. The SMILES string of the molecule is Cc1cc[n+](Cc2nc3ccsc3c(=O)[nH]2)cc1. The molecule has 0 saturated carbocycles. The van der Waals surface area contributed by atoms with Crippen molar-refractivity contribution >= 4 is 21.6 Å². The highest BCUT2D eigenvalue weighted by Gasteiger charge is 2.08. The highest BCUT2D eigenvalue weighted by atomic mass is 32.1. The van der Waals surface area contributed by atoms with E-state index in [1.54, 1.807) is 0 Å². The van der Waals surface area contributed by atoms with E-state index in [1.807, 2.05) is 47.5 Å². The number of fused-ring (bicyclic) bond motifs is 1. The van der Waals surface area contributed by atoms with Crippen LogP contribution in [0.4, 0.5) is 0 Å². The molecule has 0 saturated heterocycles. The fraction of sp³-hybridized carbons (Fsp3) is 0.154.